The Morgan fingerprint density at radius 1 is 1.12 bits per heavy atom. The predicted octanol–water partition coefficient (Wildman–Crippen LogP) is 3.03. The van der Waals surface area contributed by atoms with Gasteiger partial charge in [-0.1, -0.05) is 11.3 Å². The molecule has 0 aliphatic carbocycles. The Morgan fingerprint density at radius 2 is 1.92 bits per heavy atom. The zero-order chi connectivity index (χ0) is 17.5. The Kier molecular flexibility index (Phi) is 4.12. The molecule has 2 aliphatic heterocycles. The first-order valence-electron chi connectivity index (χ1n) is 9.06. The molecule has 0 atom stereocenters. The van der Waals surface area contributed by atoms with Crippen molar-refractivity contribution in [2.24, 2.45) is 0 Å². The van der Waals surface area contributed by atoms with Gasteiger partial charge in [-0.25, -0.2) is 14.6 Å². The summed E-state index contributed by atoms with van der Waals surface area (Å²) in [5, 5.41) is 5.33. The zero-order valence-corrected chi connectivity index (χ0v) is 16.0. The van der Waals surface area contributed by atoms with Crippen molar-refractivity contribution >= 4 is 43.2 Å². The third-order valence-electron chi connectivity index (χ3n) is 5.23. The van der Waals surface area contributed by atoms with Crippen molar-refractivity contribution in [3.63, 3.8) is 0 Å². The monoisotopic (exact) mass is 388 g/mol. The number of carbonyl (C=O) groups is 1. The number of likely N-dealkylation sites (tertiary alicyclic amines) is 1. The zero-order valence-electron chi connectivity index (χ0n) is 14.4. The van der Waals surface area contributed by atoms with E-state index in [1.165, 1.54) is 24.2 Å². The molecular formula is C17H20N6OS2. The summed E-state index contributed by atoms with van der Waals surface area (Å²) in [5.41, 5.74) is 0. The highest BCUT2D eigenvalue weighted by Gasteiger charge is 2.27. The first-order chi connectivity index (χ1) is 12.8. The molecule has 2 aliphatic rings. The van der Waals surface area contributed by atoms with Crippen LogP contribution in [0.4, 0.5) is 5.13 Å². The molecule has 0 N–H and O–H groups in total. The Balaban J connectivity index is 1.27. The highest BCUT2D eigenvalue weighted by Crippen LogP contribution is 2.36. The van der Waals surface area contributed by atoms with Crippen molar-refractivity contribution in [1.29, 1.82) is 0 Å². The van der Waals surface area contributed by atoms with Crippen LogP contribution < -0.4 is 4.90 Å². The third kappa shape index (κ3) is 2.88. The smallest absolute Gasteiger partial charge is 0.264 e. The second kappa shape index (κ2) is 6.62. The minimum absolute atomic E-state index is 0.139. The summed E-state index contributed by atoms with van der Waals surface area (Å²) < 4.78 is 3.05. The van der Waals surface area contributed by atoms with Gasteiger partial charge in [0.25, 0.3) is 5.91 Å². The number of rotatable bonds is 3. The molecule has 0 radical (unpaired) electrons. The fourth-order valence-electron chi connectivity index (χ4n) is 3.77. The summed E-state index contributed by atoms with van der Waals surface area (Å²) in [6, 6.07) is 2.38. The number of hydrogen-bond acceptors (Lipinski definition) is 7. The van der Waals surface area contributed by atoms with E-state index in [0.29, 0.717) is 6.04 Å². The average molecular weight is 389 g/mol. The van der Waals surface area contributed by atoms with Crippen LogP contribution in [-0.4, -0.2) is 56.7 Å². The second-order valence-electron chi connectivity index (χ2n) is 6.87. The number of piperidine rings is 1. The Morgan fingerprint density at radius 3 is 2.62 bits per heavy atom. The molecule has 2 fully saturated rings. The molecule has 2 saturated heterocycles. The number of carbonyl (C=O) groups excluding carboxylic acids is 1. The molecule has 5 heterocycles. The van der Waals surface area contributed by atoms with Crippen LogP contribution in [0.2, 0.25) is 0 Å². The number of thiophene rings is 1. The molecule has 9 heteroatoms. The molecule has 3 aromatic rings. The normalized spacial score (nSPS) is 18.9. The minimum Gasteiger partial charge on any atom is -0.348 e. The molecule has 7 nitrogen and oxygen atoms in total. The maximum Gasteiger partial charge on any atom is 0.264 e. The quantitative estimate of drug-likeness (QED) is 0.690. The molecular weight excluding hydrogens is 368 g/mol. The van der Waals surface area contributed by atoms with Gasteiger partial charge in [0.15, 0.2) is 5.13 Å². The summed E-state index contributed by atoms with van der Waals surface area (Å²) in [5.74, 6) is 0.139. The van der Waals surface area contributed by atoms with E-state index in [2.05, 4.69) is 15.0 Å². The van der Waals surface area contributed by atoms with E-state index >= 15 is 0 Å². The van der Waals surface area contributed by atoms with Gasteiger partial charge in [0.05, 0.1) is 15.6 Å². The van der Waals surface area contributed by atoms with Crippen molar-refractivity contribution in [2.45, 2.75) is 31.7 Å². The Labute approximate surface area is 159 Å². The minimum atomic E-state index is 0.139. The third-order valence-corrected chi connectivity index (χ3v) is 7.44. The van der Waals surface area contributed by atoms with Crippen LogP contribution in [0.15, 0.2) is 18.7 Å². The van der Waals surface area contributed by atoms with E-state index in [9.17, 15) is 4.79 Å². The summed E-state index contributed by atoms with van der Waals surface area (Å²) in [6.45, 7) is 3.74. The lowest BCUT2D eigenvalue weighted by atomic mass is 10.1. The number of aromatic nitrogens is 4. The molecule has 1 amide bonds. The Bertz CT molecular complexity index is 872. The maximum absolute atomic E-state index is 12.9. The summed E-state index contributed by atoms with van der Waals surface area (Å²) in [6.07, 6.45) is 7.68. The molecule has 3 aromatic heterocycles. The van der Waals surface area contributed by atoms with Crippen LogP contribution in [0.1, 0.15) is 41.4 Å². The number of thiazole rings is 1. The summed E-state index contributed by atoms with van der Waals surface area (Å²) in [7, 11) is 0. The lowest BCUT2D eigenvalue weighted by molar-refractivity contribution is 0.0695. The van der Waals surface area contributed by atoms with E-state index in [-0.39, 0.29) is 5.91 Å². The van der Waals surface area contributed by atoms with E-state index in [4.69, 9.17) is 4.98 Å². The lowest BCUT2D eigenvalue weighted by Gasteiger charge is -2.31. The highest BCUT2D eigenvalue weighted by molar-refractivity contribution is 7.29. The van der Waals surface area contributed by atoms with Gasteiger partial charge in [-0.05, 0) is 31.7 Å². The molecule has 0 unspecified atom stereocenters. The molecule has 26 heavy (non-hydrogen) atoms. The van der Waals surface area contributed by atoms with Gasteiger partial charge in [0, 0.05) is 26.2 Å². The number of fused-ring (bicyclic) bond motifs is 1. The standard InChI is InChI=1S/C17H20N6OS2/c24-16(21-7-3-12(4-8-21)23-11-18-10-19-23)14-9-13-15(25-14)20-17(26-13)22-5-1-2-6-22/h9-12H,1-8H2. The molecule has 5 rings (SSSR count). The van der Waals surface area contributed by atoms with Gasteiger partial charge in [0.2, 0.25) is 0 Å². The second-order valence-corrected chi connectivity index (χ2v) is 8.91. The number of hydrogen-bond donors (Lipinski definition) is 0. The summed E-state index contributed by atoms with van der Waals surface area (Å²) in [4.78, 5) is 27.8. The van der Waals surface area contributed by atoms with Crippen molar-refractivity contribution in [3.8, 4) is 0 Å². The van der Waals surface area contributed by atoms with Crippen molar-refractivity contribution in [2.75, 3.05) is 31.1 Å². The first-order valence-corrected chi connectivity index (χ1v) is 10.7. The first kappa shape index (κ1) is 16.2. The van der Waals surface area contributed by atoms with Gasteiger partial charge in [-0.15, -0.1) is 11.3 Å². The lowest BCUT2D eigenvalue weighted by Crippen LogP contribution is -2.38. The largest absolute Gasteiger partial charge is 0.348 e. The molecule has 0 saturated carbocycles. The van der Waals surface area contributed by atoms with Gasteiger partial charge in [-0.2, -0.15) is 5.10 Å². The predicted molar refractivity (Wildman–Crippen MR) is 103 cm³/mol. The molecule has 0 bridgehead atoms. The molecule has 136 valence electrons. The fraction of sp³-hybridized carbons (Fsp3) is 0.529. The topological polar surface area (TPSA) is 67.2 Å². The summed E-state index contributed by atoms with van der Waals surface area (Å²) >= 11 is 3.25. The van der Waals surface area contributed by atoms with Crippen molar-refractivity contribution in [3.05, 3.63) is 23.6 Å². The Hall–Kier alpha value is -2.00. The van der Waals surface area contributed by atoms with Gasteiger partial charge < -0.3 is 9.80 Å². The van der Waals surface area contributed by atoms with Gasteiger partial charge in [-0.3, -0.25) is 4.79 Å². The molecule has 0 spiro atoms. The van der Waals surface area contributed by atoms with Crippen LogP contribution in [0, 0.1) is 0 Å². The maximum atomic E-state index is 12.9. The van der Waals surface area contributed by atoms with E-state index in [0.717, 1.165) is 58.6 Å². The van der Waals surface area contributed by atoms with E-state index < -0.39 is 0 Å². The van der Waals surface area contributed by atoms with Crippen molar-refractivity contribution in [1.82, 2.24) is 24.6 Å². The SMILES string of the molecule is O=C(c1cc2sc(N3CCCC3)nc2s1)N1CCC(n2cncn2)CC1. The van der Waals surface area contributed by atoms with Crippen LogP contribution in [0.3, 0.4) is 0 Å². The van der Waals surface area contributed by atoms with Gasteiger partial charge in [0.1, 0.15) is 17.5 Å². The highest BCUT2D eigenvalue weighted by atomic mass is 32.1. The number of anilines is 1. The van der Waals surface area contributed by atoms with Crippen LogP contribution in [0.5, 0.6) is 0 Å². The van der Waals surface area contributed by atoms with E-state index in [1.54, 1.807) is 24.0 Å². The van der Waals surface area contributed by atoms with E-state index in [1.807, 2.05) is 15.6 Å². The van der Waals surface area contributed by atoms with Crippen LogP contribution >= 0.6 is 22.7 Å². The van der Waals surface area contributed by atoms with Crippen LogP contribution in [-0.2, 0) is 0 Å². The van der Waals surface area contributed by atoms with Crippen molar-refractivity contribution < 1.29 is 4.79 Å². The number of amides is 1. The van der Waals surface area contributed by atoms with Gasteiger partial charge >= 0.3 is 0 Å². The fourth-order valence-corrected chi connectivity index (χ4v) is 6.00. The average Bonchev–Trinajstić information content (AvgIpc) is 3.45. The number of nitrogens with zero attached hydrogens (tertiary/aromatic N) is 6. The molecule has 0 aromatic carbocycles. The van der Waals surface area contributed by atoms with Crippen LogP contribution in [0.25, 0.3) is 9.53 Å².